The number of benzene rings is 2. The van der Waals surface area contributed by atoms with Gasteiger partial charge in [0.2, 0.25) is 0 Å². The van der Waals surface area contributed by atoms with Crippen LogP contribution in [0.25, 0.3) is 0 Å². The lowest BCUT2D eigenvalue weighted by Crippen LogP contribution is -2.32. The minimum atomic E-state index is -5.59. The van der Waals surface area contributed by atoms with Crippen molar-refractivity contribution in [2.24, 2.45) is 0 Å². The summed E-state index contributed by atoms with van der Waals surface area (Å²) in [5.41, 5.74) is 1.05. The topological polar surface area (TPSA) is 9.23 Å². The van der Waals surface area contributed by atoms with Crippen molar-refractivity contribution in [2.75, 3.05) is 0 Å². The third-order valence-electron chi connectivity index (χ3n) is 2.66. The predicted octanol–water partition coefficient (Wildman–Crippen LogP) is 6.03. The molecule has 2 aromatic rings. The molecule has 0 unspecified atom stereocenters. The molecule has 0 aliphatic carbocycles. The largest absolute Gasteiger partial charge is 0.464 e. The molecule has 0 bridgehead atoms. The highest BCUT2D eigenvalue weighted by molar-refractivity contribution is 8.00. The van der Waals surface area contributed by atoms with Crippen molar-refractivity contribution in [2.45, 2.75) is 23.3 Å². The van der Waals surface area contributed by atoms with E-state index in [9.17, 15) is 22.0 Å². The molecular weight excluding hydrogens is 323 g/mol. The monoisotopic (exact) mass is 334 g/mol. The molecule has 22 heavy (non-hydrogen) atoms. The minimum Gasteiger partial charge on any atom is -0.457 e. The first-order valence-corrected chi connectivity index (χ1v) is 6.97. The van der Waals surface area contributed by atoms with Gasteiger partial charge in [-0.3, -0.25) is 0 Å². The smallest absolute Gasteiger partial charge is 0.457 e. The highest BCUT2D eigenvalue weighted by atomic mass is 32.2. The van der Waals surface area contributed by atoms with Crippen LogP contribution in [0.2, 0.25) is 0 Å². The molecule has 2 rings (SSSR count). The van der Waals surface area contributed by atoms with Gasteiger partial charge in [0.25, 0.3) is 0 Å². The summed E-state index contributed by atoms with van der Waals surface area (Å²) in [6.07, 6.45) is -5.59. The van der Waals surface area contributed by atoms with E-state index in [0.29, 0.717) is 11.5 Å². The molecule has 0 aromatic heterocycles. The second-order valence-corrected chi connectivity index (χ2v) is 5.69. The first-order valence-electron chi connectivity index (χ1n) is 6.15. The number of hydrogen-bond donors (Lipinski definition) is 0. The zero-order valence-corrected chi connectivity index (χ0v) is 12.1. The Morgan fingerprint density at radius 1 is 0.773 bits per heavy atom. The molecule has 0 spiro atoms. The van der Waals surface area contributed by atoms with Crippen molar-refractivity contribution in [1.82, 2.24) is 0 Å². The molecular formula is C15H11F5OS. The summed E-state index contributed by atoms with van der Waals surface area (Å²) in [6, 6.07) is 12.1. The van der Waals surface area contributed by atoms with E-state index in [1.54, 1.807) is 12.1 Å². The second-order valence-electron chi connectivity index (χ2n) is 4.50. The summed E-state index contributed by atoms with van der Waals surface area (Å²) in [7, 11) is 0. The lowest BCUT2D eigenvalue weighted by Gasteiger charge is -2.18. The third kappa shape index (κ3) is 4.13. The maximum Gasteiger partial charge on any atom is 0.464 e. The Hall–Kier alpha value is -1.76. The van der Waals surface area contributed by atoms with E-state index in [1.807, 2.05) is 19.1 Å². The fraction of sp³-hybridized carbons (Fsp3) is 0.200. The molecule has 0 radical (unpaired) electrons. The minimum absolute atomic E-state index is 0.196. The summed E-state index contributed by atoms with van der Waals surface area (Å²) in [6.45, 7) is 1.91. The van der Waals surface area contributed by atoms with Crippen LogP contribution < -0.4 is 4.74 Å². The maximum atomic E-state index is 12.9. The van der Waals surface area contributed by atoms with E-state index < -0.39 is 23.2 Å². The number of aryl methyl sites for hydroxylation is 1. The van der Waals surface area contributed by atoms with Crippen molar-refractivity contribution in [3.05, 3.63) is 54.1 Å². The van der Waals surface area contributed by atoms with Gasteiger partial charge < -0.3 is 4.74 Å². The third-order valence-corrected chi connectivity index (χ3v) is 3.65. The summed E-state index contributed by atoms with van der Waals surface area (Å²) in [5.74, 6) is 0.898. The van der Waals surface area contributed by atoms with Crippen molar-refractivity contribution in [3.8, 4) is 11.5 Å². The Bertz CT molecular complexity index is 620. The molecule has 0 amide bonds. The van der Waals surface area contributed by atoms with Gasteiger partial charge in [-0.05, 0) is 55.1 Å². The average Bonchev–Trinajstić information content (AvgIpc) is 2.42. The number of rotatable bonds is 4. The van der Waals surface area contributed by atoms with Crippen LogP contribution in [0.1, 0.15) is 5.56 Å². The van der Waals surface area contributed by atoms with Crippen LogP contribution in [0.5, 0.6) is 11.5 Å². The summed E-state index contributed by atoms with van der Waals surface area (Å²) < 4.78 is 67.7. The standard InChI is InChI=1S/C15H11F5OS/c1-10-2-4-11(5-3-10)21-12-6-8-13(9-7-12)22-15(19,20)14(16,17)18/h2-9H,1H3. The Kier molecular flexibility index (Phi) is 4.65. The van der Waals surface area contributed by atoms with Crippen LogP contribution in [0.4, 0.5) is 22.0 Å². The van der Waals surface area contributed by atoms with Gasteiger partial charge in [0.1, 0.15) is 11.5 Å². The van der Waals surface area contributed by atoms with E-state index in [1.165, 1.54) is 12.1 Å². The molecule has 0 heterocycles. The normalized spacial score (nSPS) is 12.3. The summed E-state index contributed by atoms with van der Waals surface area (Å²) >= 11 is -0.544. The zero-order chi connectivity index (χ0) is 16.4. The molecule has 0 aliphatic heterocycles. The lowest BCUT2D eigenvalue weighted by atomic mass is 10.2. The Morgan fingerprint density at radius 3 is 1.68 bits per heavy atom. The van der Waals surface area contributed by atoms with Crippen LogP contribution >= 0.6 is 11.8 Å². The summed E-state index contributed by atoms with van der Waals surface area (Å²) in [5, 5.41) is -4.83. The van der Waals surface area contributed by atoms with E-state index in [0.717, 1.165) is 17.7 Å². The van der Waals surface area contributed by atoms with Gasteiger partial charge in [-0.2, -0.15) is 22.0 Å². The molecule has 0 saturated carbocycles. The van der Waals surface area contributed by atoms with Gasteiger partial charge in [-0.25, -0.2) is 0 Å². The number of hydrogen-bond acceptors (Lipinski definition) is 2. The van der Waals surface area contributed by atoms with E-state index in [-0.39, 0.29) is 4.90 Å². The van der Waals surface area contributed by atoms with Gasteiger partial charge >= 0.3 is 11.4 Å². The second kappa shape index (κ2) is 6.16. The molecule has 2 aromatic carbocycles. The van der Waals surface area contributed by atoms with Gasteiger partial charge in [0, 0.05) is 4.90 Å². The van der Waals surface area contributed by atoms with Gasteiger partial charge in [0.05, 0.1) is 0 Å². The van der Waals surface area contributed by atoms with Crippen molar-refractivity contribution >= 4 is 11.8 Å². The number of alkyl halides is 5. The summed E-state index contributed by atoms with van der Waals surface area (Å²) in [4.78, 5) is -0.196. The molecule has 0 aliphatic rings. The van der Waals surface area contributed by atoms with Gasteiger partial charge in [-0.1, -0.05) is 17.7 Å². The van der Waals surface area contributed by atoms with Gasteiger partial charge in [-0.15, -0.1) is 0 Å². The van der Waals surface area contributed by atoms with Crippen molar-refractivity contribution < 1.29 is 26.7 Å². The highest BCUT2D eigenvalue weighted by Crippen LogP contribution is 2.47. The molecule has 1 nitrogen and oxygen atoms in total. The molecule has 7 heteroatoms. The molecule has 0 saturated heterocycles. The number of ether oxygens (including phenoxy) is 1. The average molecular weight is 334 g/mol. The highest BCUT2D eigenvalue weighted by Gasteiger charge is 2.58. The Balaban J connectivity index is 2.06. The predicted molar refractivity (Wildman–Crippen MR) is 74.6 cm³/mol. The first kappa shape index (κ1) is 16.6. The quantitative estimate of drug-likeness (QED) is 0.498. The van der Waals surface area contributed by atoms with Crippen molar-refractivity contribution in [1.29, 1.82) is 0 Å². The Labute approximate surface area is 128 Å². The SMILES string of the molecule is Cc1ccc(Oc2ccc(SC(F)(F)C(F)(F)F)cc2)cc1. The number of halogens is 5. The first-order chi connectivity index (χ1) is 10.2. The molecule has 0 atom stereocenters. The van der Waals surface area contributed by atoms with Crippen molar-refractivity contribution in [3.63, 3.8) is 0 Å². The Morgan fingerprint density at radius 2 is 1.23 bits per heavy atom. The number of thioether (sulfide) groups is 1. The van der Waals surface area contributed by atoms with E-state index in [4.69, 9.17) is 4.74 Å². The van der Waals surface area contributed by atoms with Crippen LogP contribution in [0, 0.1) is 6.92 Å². The molecule has 0 fully saturated rings. The molecule has 0 N–H and O–H groups in total. The molecule has 118 valence electrons. The van der Waals surface area contributed by atoms with Crippen LogP contribution in [-0.2, 0) is 0 Å². The van der Waals surface area contributed by atoms with Crippen LogP contribution in [-0.4, -0.2) is 11.4 Å². The maximum absolute atomic E-state index is 12.9. The zero-order valence-electron chi connectivity index (χ0n) is 11.3. The lowest BCUT2D eigenvalue weighted by molar-refractivity contribution is -0.237. The van der Waals surface area contributed by atoms with Crippen LogP contribution in [0.3, 0.4) is 0 Å². The van der Waals surface area contributed by atoms with Crippen LogP contribution in [0.15, 0.2) is 53.4 Å². The fourth-order valence-electron chi connectivity index (χ4n) is 1.52. The van der Waals surface area contributed by atoms with E-state index >= 15 is 0 Å². The van der Waals surface area contributed by atoms with E-state index in [2.05, 4.69) is 0 Å². The fourth-order valence-corrected chi connectivity index (χ4v) is 2.21. The van der Waals surface area contributed by atoms with Gasteiger partial charge in [0.15, 0.2) is 0 Å².